The first kappa shape index (κ1) is 19.6. The van der Waals surface area contributed by atoms with Crippen molar-refractivity contribution in [2.45, 2.75) is 12.8 Å². The van der Waals surface area contributed by atoms with E-state index < -0.39 is 11.9 Å². The topological polar surface area (TPSA) is 77.8 Å². The van der Waals surface area contributed by atoms with Crippen LogP contribution in [0.4, 0.5) is 0 Å². The van der Waals surface area contributed by atoms with E-state index in [1.165, 1.54) is 22.3 Å². The minimum absolute atomic E-state index is 0.558. The molecule has 0 atom stereocenters. The molecule has 2 aromatic rings. The molecule has 5 heteroatoms. The van der Waals surface area contributed by atoms with Gasteiger partial charge in [0.2, 0.25) is 0 Å². The van der Waals surface area contributed by atoms with Crippen molar-refractivity contribution in [2.75, 3.05) is 20.1 Å². The van der Waals surface area contributed by atoms with E-state index >= 15 is 0 Å². The summed E-state index contributed by atoms with van der Waals surface area (Å²) in [7, 11) is 2.23. The molecule has 28 heavy (non-hydrogen) atoms. The van der Waals surface area contributed by atoms with Crippen LogP contribution >= 0.6 is 0 Å². The summed E-state index contributed by atoms with van der Waals surface area (Å²) >= 11 is 0. The first-order valence-corrected chi connectivity index (χ1v) is 9.16. The number of rotatable bonds is 2. The highest BCUT2D eigenvalue weighted by Crippen LogP contribution is 2.39. The lowest BCUT2D eigenvalue weighted by molar-refractivity contribution is -0.134. The molecule has 0 spiro atoms. The fourth-order valence-electron chi connectivity index (χ4n) is 3.73. The normalized spacial score (nSPS) is 15.6. The van der Waals surface area contributed by atoms with Gasteiger partial charge < -0.3 is 15.1 Å². The fourth-order valence-corrected chi connectivity index (χ4v) is 3.73. The zero-order chi connectivity index (χ0) is 20.1. The number of fused-ring (bicyclic) bond motifs is 4. The predicted molar refractivity (Wildman–Crippen MR) is 109 cm³/mol. The monoisotopic (exact) mass is 377 g/mol. The largest absolute Gasteiger partial charge is 0.478 e. The van der Waals surface area contributed by atoms with Gasteiger partial charge in [0.15, 0.2) is 0 Å². The van der Waals surface area contributed by atoms with E-state index in [0.29, 0.717) is 12.2 Å². The Hall–Kier alpha value is -3.18. The molecule has 2 aromatic carbocycles. The molecule has 0 amide bonds. The molecule has 0 saturated carbocycles. The van der Waals surface area contributed by atoms with Gasteiger partial charge in [-0.15, -0.1) is 0 Å². The number of carbonyl (C=O) groups is 2. The fraction of sp³-hybridized carbons (Fsp3) is 0.217. The third-order valence-electron chi connectivity index (χ3n) is 4.97. The molecule has 0 radical (unpaired) electrons. The zero-order valence-corrected chi connectivity index (χ0v) is 15.8. The van der Waals surface area contributed by atoms with Crippen LogP contribution in [0.1, 0.15) is 28.7 Å². The molecule has 0 aromatic heterocycles. The SMILES string of the molecule is CN1CCC2=C(C1)c1ccccc1Cc1ccccc12.O=C(O)C=CC(=O)O. The third-order valence-corrected chi connectivity index (χ3v) is 4.97. The van der Waals surface area contributed by atoms with Gasteiger partial charge in [0.25, 0.3) is 0 Å². The minimum Gasteiger partial charge on any atom is -0.478 e. The maximum Gasteiger partial charge on any atom is 0.328 e. The van der Waals surface area contributed by atoms with E-state index in [0.717, 1.165) is 25.9 Å². The number of benzene rings is 2. The summed E-state index contributed by atoms with van der Waals surface area (Å²) in [6.07, 6.45) is 3.34. The minimum atomic E-state index is -1.26. The second-order valence-corrected chi connectivity index (χ2v) is 6.95. The molecule has 4 rings (SSSR count). The Balaban J connectivity index is 0.000000242. The standard InChI is InChI=1S/C19H19N.C4H4O4/c1-20-11-10-18-16-8-4-2-6-14(16)12-15-7-3-5-9-17(15)19(18)13-20;5-3(6)1-2-4(7)8/h2-9H,10-13H2,1H3;1-2H,(H,5,6)(H,7,8). The molecule has 0 fully saturated rings. The molecule has 1 aliphatic heterocycles. The van der Waals surface area contributed by atoms with E-state index in [1.807, 2.05) is 0 Å². The average molecular weight is 377 g/mol. The van der Waals surface area contributed by atoms with Crippen molar-refractivity contribution in [2.24, 2.45) is 0 Å². The van der Waals surface area contributed by atoms with Gasteiger partial charge in [-0.3, -0.25) is 0 Å². The van der Waals surface area contributed by atoms with Crippen molar-refractivity contribution in [3.05, 3.63) is 82.9 Å². The number of carboxylic acid groups (broad SMARTS) is 2. The summed E-state index contributed by atoms with van der Waals surface area (Å²) in [4.78, 5) is 21.5. The number of hydrogen-bond acceptors (Lipinski definition) is 3. The maximum atomic E-state index is 9.55. The van der Waals surface area contributed by atoms with Gasteiger partial charge in [0.05, 0.1) is 0 Å². The Kier molecular flexibility index (Phi) is 6.06. The second-order valence-electron chi connectivity index (χ2n) is 6.95. The van der Waals surface area contributed by atoms with Gasteiger partial charge in [0.1, 0.15) is 0 Å². The second kappa shape index (κ2) is 8.67. The summed E-state index contributed by atoms with van der Waals surface area (Å²) in [5.41, 5.74) is 9.01. The number of hydrogen-bond donors (Lipinski definition) is 2. The Morgan fingerprint density at radius 2 is 1.36 bits per heavy atom. The summed E-state index contributed by atoms with van der Waals surface area (Å²) in [6, 6.07) is 17.9. The molecule has 1 aliphatic carbocycles. The number of likely N-dealkylation sites (N-methyl/N-ethyl adjacent to an activating group) is 1. The summed E-state index contributed by atoms with van der Waals surface area (Å²) in [5.74, 6) is -2.51. The molecule has 2 aliphatic rings. The molecule has 0 unspecified atom stereocenters. The van der Waals surface area contributed by atoms with Gasteiger partial charge in [-0.05, 0) is 53.3 Å². The zero-order valence-electron chi connectivity index (χ0n) is 15.8. The van der Waals surface area contributed by atoms with Gasteiger partial charge in [-0.25, -0.2) is 9.59 Å². The molecule has 5 nitrogen and oxygen atoms in total. The van der Waals surface area contributed by atoms with Gasteiger partial charge >= 0.3 is 11.9 Å². The Labute approximate surface area is 164 Å². The van der Waals surface area contributed by atoms with Crippen LogP contribution < -0.4 is 0 Å². The van der Waals surface area contributed by atoms with Crippen LogP contribution in [0, 0.1) is 0 Å². The number of aliphatic carboxylic acids is 2. The van der Waals surface area contributed by atoms with Crippen LogP contribution in [0.5, 0.6) is 0 Å². The molecular weight excluding hydrogens is 354 g/mol. The number of nitrogens with zero attached hydrogens (tertiary/aromatic N) is 1. The first-order valence-electron chi connectivity index (χ1n) is 9.16. The molecule has 1 heterocycles. The predicted octanol–water partition coefficient (Wildman–Crippen LogP) is 3.55. The van der Waals surface area contributed by atoms with Crippen LogP contribution in [0.3, 0.4) is 0 Å². The summed E-state index contributed by atoms with van der Waals surface area (Å²) in [6.45, 7) is 2.23. The van der Waals surface area contributed by atoms with Crippen LogP contribution in [0.2, 0.25) is 0 Å². The van der Waals surface area contributed by atoms with E-state index in [1.54, 1.807) is 11.1 Å². The van der Waals surface area contributed by atoms with E-state index in [2.05, 4.69) is 60.5 Å². The van der Waals surface area contributed by atoms with Crippen molar-refractivity contribution < 1.29 is 19.8 Å². The quantitative estimate of drug-likeness (QED) is 0.783. The van der Waals surface area contributed by atoms with E-state index in [4.69, 9.17) is 10.2 Å². The molecule has 0 bridgehead atoms. The number of carboxylic acids is 2. The van der Waals surface area contributed by atoms with Crippen molar-refractivity contribution in [1.29, 1.82) is 0 Å². The maximum absolute atomic E-state index is 9.55. The Bertz CT molecular complexity index is 943. The third kappa shape index (κ3) is 4.56. The molecule has 144 valence electrons. The van der Waals surface area contributed by atoms with Crippen LogP contribution in [0.15, 0.2) is 60.7 Å². The van der Waals surface area contributed by atoms with Crippen molar-refractivity contribution in [3.63, 3.8) is 0 Å². The molecule has 2 N–H and O–H groups in total. The average Bonchev–Trinajstić information content (AvgIpc) is 2.81. The summed E-state index contributed by atoms with van der Waals surface area (Å²) < 4.78 is 0. The highest BCUT2D eigenvalue weighted by atomic mass is 16.4. The van der Waals surface area contributed by atoms with Crippen LogP contribution in [-0.2, 0) is 16.0 Å². The lowest BCUT2D eigenvalue weighted by atomic mass is 9.89. The van der Waals surface area contributed by atoms with Gasteiger partial charge in [-0.2, -0.15) is 0 Å². The van der Waals surface area contributed by atoms with Gasteiger partial charge in [-0.1, -0.05) is 48.5 Å². The van der Waals surface area contributed by atoms with Crippen molar-refractivity contribution in [3.8, 4) is 0 Å². The molecule has 0 saturated heterocycles. The highest BCUT2D eigenvalue weighted by molar-refractivity contribution is 5.95. The lowest BCUT2D eigenvalue weighted by Gasteiger charge is -2.28. The smallest absolute Gasteiger partial charge is 0.328 e. The lowest BCUT2D eigenvalue weighted by Crippen LogP contribution is -2.27. The molecular formula is C23H23NO4. The summed E-state index contributed by atoms with van der Waals surface area (Å²) in [5, 5.41) is 15.6. The van der Waals surface area contributed by atoms with Crippen LogP contribution in [0.25, 0.3) is 11.1 Å². The van der Waals surface area contributed by atoms with Crippen molar-refractivity contribution in [1.82, 2.24) is 4.90 Å². The Morgan fingerprint density at radius 1 is 0.857 bits per heavy atom. The van der Waals surface area contributed by atoms with E-state index in [9.17, 15) is 9.59 Å². The van der Waals surface area contributed by atoms with E-state index in [-0.39, 0.29) is 0 Å². The van der Waals surface area contributed by atoms with Crippen LogP contribution in [-0.4, -0.2) is 47.2 Å². The first-order chi connectivity index (χ1) is 13.5. The van der Waals surface area contributed by atoms with Gasteiger partial charge in [0, 0.05) is 25.2 Å². The highest BCUT2D eigenvalue weighted by Gasteiger charge is 2.24. The van der Waals surface area contributed by atoms with Crippen molar-refractivity contribution >= 4 is 23.1 Å². The Morgan fingerprint density at radius 3 is 1.89 bits per heavy atom.